The number of aliphatic imine (C=N–C) groups is 1. The minimum atomic E-state index is 0.0522. The summed E-state index contributed by atoms with van der Waals surface area (Å²) >= 11 is 1.81. The predicted octanol–water partition coefficient (Wildman–Crippen LogP) is 5.14. The maximum absolute atomic E-state index is 12.8. The lowest BCUT2D eigenvalue weighted by molar-refractivity contribution is 0.104. The number of carbonyl (C=O) groups is 1. The van der Waals surface area contributed by atoms with E-state index < -0.39 is 0 Å². The second kappa shape index (κ2) is 6.85. The van der Waals surface area contributed by atoms with Crippen molar-refractivity contribution in [2.24, 2.45) is 4.99 Å². The lowest BCUT2D eigenvalue weighted by Crippen LogP contribution is -2.17. The average Bonchev–Trinajstić information content (AvgIpc) is 3.17. The Morgan fingerprint density at radius 1 is 1.12 bits per heavy atom. The molecule has 0 amide bonds. The van der Waals surface area contributed by atoms with Crippen molar-refractivity contribution < 1.29 is 4.79 Å². The van der Waals surface area contributed by atoms with Gasteiger partial charge >= 0.3 is 0 Å². The quantitative estimate of drug-likeness (QED) is 0.569. The van der Waals surface area contributed by atoms with E-state index in [1.165, 1.54) is 11.1 Å². The van der Waals surface area contributed by atoms with E-state index in [-0.39, 0.29) is 11.7 Å². The molecule has 0 spiro atoms. The molecular formula is C22H19NOS. The zero-order valence-corrected chi connectivity index (χ0v) is 14.9. The molecule has 0 N–H and O–H groups in total. The van der Waals surface area contributed by atoms with Crippen molar-refractivity contribution in [3.8, 4) is 0 Å². The molecule has 0 saturated heterocycles. The van der Waals surface area contributed by atoms with Crippen LogP contribution < -0.4 is 0 Å². The third-order valence-electron chi connectivity index (χ3n) is 4.65. The van der Waals surface area contributed by atoms with Crippen LogP contribution in [0.1, 0.15) is 34.3 Å². The highest BCUT2D eigenvalue weighted by molar-refractivity contribution is 8.14. The van der Waals surface area contributed by atoms with E-state index in [1.54, 1.807) is 0 Å². The number of benzene rings is 2. The molecule has 1 aliphatic heterocycles. The number of thioether (sulfide) groups is 1. The van der Waals surface area contributed by atoms with Crippen molar-refractivity contribution in [1.29, 1.82) is 0 Å². The molecule has 0 aromatic heterocycles. The Morgan fingerprint density at radius 3 is 2.64 bits per heavy atom. The van der Waals surface area contributed by atoms with Crippen LogP contribution in [0, 0.1) is 0 Å². The average molecular weight is 345 g/mol. The van der Waals surface area contributed by atoms with Crippen LogP contribution in [-0.4, -0.2) is 23.1 Å². The molecule has 2 aromatic rings. The molecule has 2 aromatic carbocycles. The van der Waals surface area contributed by atoms with Crippen LogP contribution in [0.15, 0.2) is 76.8 Å². The van der Waals surface area contributed by atoms with Gasteiger partial charge in [0.2, 0.25) is 0 Å². The van der Waals surface area contributed by atoms with Crippen molar-refractivity contribution in [1.82, 2.24) is 0 Å². The van der Waals surface area contributed by atoms with Crippen molar-refractivity contribution in [2.45, 2.75) is 12.8 Å². The summed E-state index contributed by atoms with van der Waals surface area (Å²) in [5, 5.41) is 1.13. The highest BCUT2D eigenvalue weighted by atomic mass is 32.2. The van der Waals surface area contributed by atoms with Crippen molar-refractivity contribution in [2.75, 3.05) is 12.3 Å². The molecule has 4 rings (SSSR count). The Bertz CT molecular complexity index is 909. The first kappa shape index (κ1) is 16.1. The summed E-state index contributed by atoms with van der Waals surface area (Å²) in [5.74, 6) is 1.15. The first-order chi connectivity index (χ1) is 12.2. The number of hydrogen-bond acceptors (Lipinski definition) is 3. The van der Waals surface area contributed by atoms with E-state index >= 15 is 0 Å². The van der Waals surface area contributed by atoms with Gasteiger partial charge in [-0.3, -0.25) is 9.79 Å². The van der Waals surface area contributed by atoms with E-state index in [4.69, 9.17) is 4.99 Å². The number of nitrogens with zero attached hydrogens (tertiary/aromatic N) is 1. The number of allylic oxidation sites excluding steroid dienone is 3. The molecule has 2 nitrogen and oxygen atoms in total. The van der Waals surface area contributed by atoms with Crippen LogP contribution in [-0.2, 0) is 0 Å². The molecule has 1 atom stereocenters. The van der Waals surface area contributed by atoms with E-state index in [1.807, 2.05) is 48.2 Å². The molecule has 2 aliphatic rings. The number of rotatable bonds is 3. The van der Waals surface area contributed by atoms with Crippen LogP contribution in [0.5, 0.6) is 0 Å². The Balaban J connectivity index is 1.82. The van der Waals surface area contributed by atoms with Gasteiger partial charge in [-0.15, -0.1) is 11.8 Å². The first-order valence-corrected chi connectivity index (χ1v) is 9.48. The standard InChI is InChI=1S/C22H19NOS/c1-15-13-17-9-5-6-10-18(17)21(22-23-11-12-25-22)19(15)14-20(24)16-7-3-2-4-8-16/h2-10,13-14,21H,11-12H2,1H3. The van der Waals surface area contributed by atoms with Crippen LogP contribution in [0.25, 0.3) is 6.08 Å². The Hall–Kier alpha value is -2.39. The predicted molar refractivity (Wildman–Crippen MR) is 106 cm³/mol. The number of carbonyl (C=O) groups excluding carboxylic acids is 1. The third kappa shape index (κ3) is 3.12. The van der Waals surface area contributed by atoms with Crippen molar-refractivity contribution in [3.63, 3.8) is 0 Å². The fourth-order valence-electron chi connectivity index (χ4n) is 3.43. The highest BCUT2D eigenvalue weighted by Crippen LogP contribution is 2.42. The van der Waals surface area contributed by atoms with Crippen molar-refractivity contribution in [3.05, 3.63) is 88.5 Å². The van der Waals surface area contributed by atoms with Crippen LogP contribution in [0.3, 0.4) is 0 Å². The molecule has 1 heterocycles. The van der Waals surface area contributed by atoms with Gasteiger partial charge < -0.3 is 0 Å². The SMILES string of the molecule is CC1=Cc2ccccc2C(C2=NCCS2)C1=CC(=O)c1ccccc1. The smallest absolute Gasteiger partial charge is 0.186 e. The van der Waals surface area contributed by atoms with Crippen molar-refractivity contribution >= 4 is 28.7 Å². The van der Waals surface area contributed by atoms with Crippen LogP contribution in [0.2, 0.25) is 0 Å². The molecule has 0 saturated carbocycles. The molecule has 1 unspecified atom stereocenters. The Kier molecular flexibility index (Phi) is 4.41. The van der Waals surface area contributed by atoms with Gasteiger partial charge in [-0.25, -0.2) is 0 Å². The summed E-state index contributed by atoms with van der Waals surface area (Å²) < 4.78 is 0. The Morgan fingerprint density at radius 2 is 1.88 bits per heavy atom. The van der Waals surface area contributed by atoms with Gasteiger partial charge in [-0.2, -0.15) is 0 Å². The monoisotopic (exact) mass is 345 g/mol. The maximum Gasteiger partial charge on any atom is 0.186 e. The lowest BCUT2D eigenvalue weighted by Gasteiger charge is -2.27. The van der Waals surface area contributed by atoms with E-state index in [0.717, 1.165) is 34.1 Å². The normalized spacial score (nSPS) is 20.8. The van der Waals surface area contributed by atoms with Gasteiger partial charge in [0, 0.05) is 17.9 Å². The summed E-state index contributed by atoms with van der Waals surface area (Å²) in [6.07, 6.45) is 3.99. The molecule has 1 aliphatic carbocycles. The highest BCUT2D eigenvalue weighted by Gasteiger charge is 2.31. The summed E-state index contributed by atoms with van der Waals surface area (Å²) in [5.41, 5.74) is 5.41. The zero-order chi connectivity index (χ0) is 17.2. The molecule has 124 valence electrons. The summed E-state index contributed by atoms with van der Waals surface area (Å²) in [6, 6.07) is 17.9. The first-order valence-electron chi connectivity index (χ1n) is 8.50. The van der Waals surface area contributed by atoms with Crippen LogP contribution in [0.4, 0.5) is 0 Å². The van der Waals surface area contributed by atoms with E-state index in [9.17, 15) is 4.79 Å². The molecule has 3 heteroatoms. The molecular weight excluding hydrogens is 326 g/mol. The van der Waals surface area contributed by atoms with Crippen LogP contribution >= 0.6 is 11.8 Å². The zero-order valence-electron chi connectivity index (χ0n) is 14.1. The molecule has 25 heavy (non-hydrogen) atoms. The second-order valence-electron chi connectivity index (χ2n) is 6.29. The second-order valence-corrected chi connectivity index (χ2v) is 7.40. The largest absolute Gasteiger partial charge is 0.289 e. The molecule has 0 radical (unpaired) electrons. The minimum Gasteiger partial charge on any atom is -0.289 e. The van der Waals surface area contributed by atoms with E-state index in [2.05, 4.69) is 37.3 Å². The summed E-state index contributed by atoms with van der Waals surface area (Å²) in [6.45, 7) is 2.95. The molecule has 0 bridgehead atoms. The fourth-order valence-corrected chi connectivity index (χ4v) is 4.43. The van der Waals surface area contributed by atoms with E-state index in [0.29, 0.717) is 0 Å². The fraction of sp³-hybridized carbons (Fsp3) is 0.182. The summed E-state index contributed by atoms with van der Waals surface area (Å²) in [7, 11) is 0. The van der Waals surface area contributed by atoms with Gasteiger partial charge in [0.15, 0.2) is 5.78 Å². The lowest BCUT2D eigenvalue weighted by atomic mass is 9.79. The van der Waals surface area contributed by atoms with Gasteiger partial charge in [0.05, 0.1) is 11.0 Å². The minimum absolute atomic E-state index is 0.0522. The number of ketones is 1. The Labute approximate surface area is 152 Å². The summed E-state index contributed by atoms with van der Waals surface area (Å²) in [4.78, 5) is 17.5. The topological polar surface area (TPSA) is 29.4 Å². The van der Waals surface area contributed by atoms with Gasteiger partial charge in [-0.05, 0) is 35.3 Å². The number of hydrogen-bond donors (Lipinski definition) is 0. The third-order valence-corrected chi connectivity index (χ3v) is 5.69. The van der Waals surface area contributed by atoms with Gasteiger partial charge in [0.1, 0.15) is 0 Å². The van der Waals surface area contributed by atoms with Gasteiger partial charge in [-0.1, -0.05) is 60.7 Å². The molecule has 0 fully saturated rings. The maximum atomic E-state index is 12.8. The van der Waals surface area contributed by atoms with Gasteiger partial charge in [0.25, 0.3) is 0 Å². The number of fused-ring (bicyclic) bond motifs is 1.